The Balaban J connectivity index is 5.37. The van der Waals surface area contributed by atoms with Crippen molar-refractivity contribution in [3.05, 3.63) is 0 Å². The van der Waals surface area contributed by atoms with Crippen molar-refractivity contribution in [3.63, 3.8) is 0 Å². The van der Waals surface area contributed by atoms with Gasteiger partial charge in [0, 0.05) is 6.54 Å². The molecule has 9 N–H and O–H groups in total. The van der Waals surface area contributed by atoms with Crippen molar-refractivity contribution < 1.29 is 19.2 Å². The minimum absolute atomic E-state index is 0.183. The fourth-order valence-corrected chi connectivity index (χ4v) is 3.42. The number of rotatable bonds is 20. The van der Waals surface area contributed by atoms with Crippen LogP contribution >= 0.6 is 0 Å². The fraction of sp³-hybridized carbons (Fsp3) is 0.792. The van der Waals surface area contributed by atoms with Crippen LogP contribution in [0.25, 0.3) is 0 Å². The molecule has 3 amide bonds. The Bertz CT molecular complexity index is 660. The topological polar surface area (TPSA) is 192 Å². The number of unbranched alkanes of at least 4 members (excludes halogenated alkanes) is 3. The van der Waals surface area contributed by atoms with E-state index >= 15 is 0 Å². The molecule has 0 aliphatic rings. The summed E-state index contributed by atoms with van der Waals surface area (Å²) in [4.78, 5) is 49.8. The maximum absolute atomic E-state index is 13.1. The number of nitrogens with one attached hydrogen (secondary N) is 5. The third-order valence-corrected chi connectivity index (χ3v) is 5.61. The first-order valence-electron chi connectivity index (χ1n) is 12.8. The van der Waals surface area contributed by atoms with Crippen molar-refractivity contribution in [2.75, 3.05) is 6.54 Å². The summed E-state index contributed by atoms with van der Waals surface area (Å²) in [7, 11) is 0. The van der Waals surface area contributed by atoms with Gasteiger partial charge < -0.3 is 32.7 Å². The highest BCUT2D eigenvalue weighted by molar-refractivity contribution is 5.93. The number of nitrogens with two attached hydrogens (primary N) is 2. The Morgan fingerprint density at radius 3 is 1.80 bits per heavy atom. The van der Waals surface area contributed by atoms with Crippen LogP contribution < -0.4 is 32.7 Å². The normalized spacial score (nSPS) is 14.2. The highest BCUT2D eigenvalue weighted by atomic mass is 16.2. The van der Waals surface area contributed by atoms with E-state index in [-0.39, 0.29) is 12.4 Å². The summed E-state index contributed by atoms with van der Waals surface area (Å²) in [5.41, 5.74) is 11.3. The minimum atomic E-state index is -0.908. The molecule has 4 atom stereocenters. The summed E-state index contributed by atoms with van der Waals surface area (Å²) in [6.45, 7) is 6.32. The van der Waals surface area contributed by atoms with Gasteiger partial charge in [-0.05, 0) is 32.1 Å². The van der Waals surface area contributed by atoms with E-state index in [1.54, 1.807) is 0 Å². The van der Waals surface area contributed by atoms with Gasteiger partial charge in [-0.3, -0.25) is 24.6 Å². The Hall–Kier alpha value is -2.69. The summed E-state index contributed by atoms with van der Waals surface area (Å²) in [5, 5.41) is 18.0. The number of hydrogen-bond donors (Lipinski definition) is 7. The van der Waals surface area contributed by atoms with Crippen molar-refractivity contribution in [2.24, 2.45) is 11.5 Å². The highest BCUT2D eigenvalue weighted by Gasteiger charge is 2.28. The van der Waals surface area contributed by atoms with Gasteiger partial charge in [-0.25, -0.2) is 0 Å². The SMILES string of the molecule is CCCC[C@@H](N)C(=O)N[C@H](CCCNC(=N)N)C(=O)N[C@H](CCCC)C(=O)N[C@@H]([C]=O)CCCC. The molecule has 0 aromatic carbocycles. The number of carbonyl (C=O) groups excluding carboxylic acids is 4. The zero-order chi connectivity index (χ0) is 26.6. The zero-order valence-corrected chi connectivity index (χ0v) is 21.6. The van der Waals surface area contributed by atoms with Gasteiger partial charge in [-0.2, -0.15) is 0 Å². The molecule has 0 aliphatic carbocycles. The first kappa shape index (κ1) is 32.3. The highest BCUT2D eigenvalue weighted by Crippen LogP contribution is 2.07. The average molecular weight is 497 g/mol. The van der Waals surface area contributed by atoms with E-state index in [1.807, 2.05) is 27.1 Å². The lowest BCUT2D eigenvalue weighted by Crippen LogP contribution is -2.56. The van der Waals surface area contributed by atoms with E-state index in [0.717, 1.165) is 32.1 Å². The maximum Gasteiger partial charge on any atom is 0.243 e. The van der Waals surface area contributed by atoms with E-state index in [1.165, 1.54) is 0 Å². The van der Waals surface area contributed by atoms with Crippen LogP contribution in [0.5, 0.6) is 0 Å². The van der Waals surface area contributed by atoms with Crippen LogP contribution in [0.2, 0.25) is 0 Å². The lowest BCUT2D eigenvalue weighted by molar-refractivity contribution is -0.132. The molecule has 0 saturated heterocycles. The summed E-state index contributed by atoms with van der Waals surface area (Å²) in [6.07, 6.45) is 8.82. The van der Waals surface area contributed by atoms with Gasteiger partial charge in [0.05, 0.1) is 12.1 Å². The van der Waals surface area contributed by atoms with Crippen molar-refractivity contribution in [1.82, 2.24) is 21.3 Å². The van der Waals surface area contributed by atoms with E-state index in [2.05, 4.69) is 21.3 Å². The van der Waals surface area contributed by atoms with Crippen molar-refractivity contribution in [2.45, 2.75) is 116 Å². The second-order valence-electron chi connectivity index (χ2n) is 8.82. The second-order valence-corrected chi connectivity index (χ2v) is 8.82. The lowest BCUT2D eigenvalue weighted by atomic mass is 10.0. The molecule has 0 rings (SSSR count). The van der Waals surface area contributed by atoms with Gasteiger partial charge in [0.25, 0.3) is 0 Å². The molecule has 35 heavy (non-hydrogen) atoms. The minimum Gasteiger partial charge on any atom is -0.370 e. The monoisotopic (exact) mass is 496 g/mol. The Morgan fingerprint density at radius 2 is 1.26 bits per heavy atom. The average Bonchev–Trinajstić information content (AvgIpc) is 2.83. The molecular weight excluding hydrogens is 450 g/mol. The van der Waals surface area contributed by atoms with Crippen LogP contribution in [0.4, 0.5) is 0 Å². The van der Waals surface area contributed by atoms with Crippen LogP contribution in [-0.2, 0) is 19.2 Å². The molecule has 0 saturated carbocycles. The molecule has 0 aliphatic heterocycles. The molecule has 201 valence electrons. The molecule has 0 fully saturated rings. The van der Waals surface area contributed by atoms with Crippen LogP contribution in [0, 0.1) is 5.41 Å². The number of hydrogen-bond acceptors (Lipinski definition) is 6. The smallest absolute Gasteiger partial charge is 0.243 e. The van der Waals surface area contributed by atoms with E-state index in [4.69, 9.17) is 16.9 Å². The van der Waals surface area contributed by atoms with Crippen LogP contribution in [0.1, 0.15) is 91.4 Å². The summed E-state index contributed by atoms with van der Waals surface area (Å²) in [6, 6.07) is -3.21. The van der Waals surface area contributed by atoms with Gasteiger partial charge >= 0.3 is 0 Å². The van der Waals surface area contributed by atoms with Gasteiger partial charge in [-0.1, -0.05) is 59.3 Å². The largest absolute Gasteiger partial charge is 0.370 e. The Kier molecular flexibility index (Phi) is 18.1. The molecule has 11 heteroatoms. The second kappa shape index (κ2) is 19.6. The van der Waals surface area contributed by atoms with Crippen molar-refractivity contribution in [1.29, 1.82) is 5.41 Å². The fourth-order valence-electron chi connectivity index (χ4n) is 3.42. The molecule has 11 nitrogen and oxygen atoms in total. The molecule has 0 unspecified atom stereocenters. The predicted octanol–water partition coefficient (Wildman–Crippen LogP) is 0.712. The van der Waals surface area contributed by atoms with Gasteiger partial charge in [-0.15, -0.1) is 0 Å². The summed E-state index contributed by atoms with van der Waals surface area (Å²) < 4.78 is 0. The number of guanidine groups is 1. The maximum atomic E-state index is 13.1. The molecular formula is C24H46N7O4. The molecule has 0 heterocycles. The van der Waals surface area contributed by atoms with Gasteiger partial charge in [0.1, 0.15) is 12.1 Å². The Morgan fingerprint density at radius 1 is 0.771 bits per heavy atom. The predicted molar refractivity (Wildman–Crippen MR) is 137 cm³/mol. The van der Waals surface area contributed by atoms with E-state index < -0.39 is 41.9 Å². The zero-order valence-electron chi connectivity index (χ0n) is 21.6. The van der Waals surface area contributed by atoms with E-state index in [9.17, 15) is 19.2 Å². The van der Waals surface area contributed by atoms with Crippen molar-refractivity contribution >= 4 is 30.0 Å². The Labute approximate surface area is 209 Å². The number of carbonyl (C=O) groups is 3. The molecule has 0 spiro atoms. The standard InChI is InChI=1S/C24H46N7O4/c1-4-7-11-17(16-32)29-22(34)19(13-9-6-3)31-23(35)20(14-10-15-28-24(26)27)30-21(33)18(25)12-8-5-2/h17-20H,4-15,25H2,1-3H3,(H,29,34)(H,30,33)(H,31,35)(H4,26,27,28)/t17-,18-,19-,20-/m1/s1. The number of amides is 3. The molecule has 0 bridgehead atoms. The van der Waals surface area contributed by atoms with Crippen LogP contribution in [0.3, 0.4) is 0 Å². The third-order valence-electron chi connectivity index (χ3n) is 5.61. The van der Waals surface area contributed by atoms with E-state index in [0.29, 0.717) is 38.6 Å². The molecule has 1 radical (unpaired) electrons. The quantitative estimate of drug-likeness (QED) is 0.0732. The third kappa shape index (κ3) is 15.0. The van der Waals surface area contributed by atoms with Crippen LogP contribution in [-0.4, -0.2) is 60.7 Å². The summed E-state index contributed by atoms with van der Waals surface area (Å²) in [5.74, 6) is -1.56. The first-order valence-corrected chi connectivity index (χ1v) is 12.8. The van der Waals surface area contributed by atoms with Gasteiger partial charge in [0.2, 0.25) is 24.0 Å². The van der Waals surface area contributed by atoms with Crippen molar-refractivity contribution in [3.8, 4) is 0 Å². The molecule has 0 aromatic heterocycles. The lowest BCUT2D eigenvalue weighted by Gasteiger charge is -2.25. The molecule has 0 aromatic rings. The van der Waals surface area contributed by atoms with Gasteiger partial charge in [0.15, 0.2) is 5.96 Å². The van der Waals surface area contributed by atoms with Crippen LogP contribution in [0.15, 0.2) is 0 Å². The first-order chi connectivity index (χ1) is 16.7. The summed E-state index contributed by atoms with van der Waals surface area (Å²) >= 11 is 0.